The van der Waals surface area contributed by atoms with Gasteiger partial charge in [-0.3, -0.25) is 0 Å². The second-order valence-electron chi connectivity index (χ2n) is 4.07. The monoisotopic (exact) mass is 206 g/mol. The summed E-state index contributed by atoms with van der Waals surface area (Å²) in [6, 6.07) is 6.15. The molecule has 3 heteroatoms. The highest BCUT2D eigenvalue weighted by Crippen LogP contribution is 2.35. The summed E-state index contributed by atoms with van der Waals surface area (Å²) in [4.78, 5) is 0. The van der Waals surface area contributed by atoms with Crippen molar-refractivity contribution in [3.63, 3.8) is 0 Å². The number of aryl methyl sites for hydroxylation is 1. The number of hydrogen-bond donors (Lipinski definition) is 3. The van der Waals surface area contributed by atoms with Crippen LogP contribution in [0.15, 0.2) is 18.2 Å². The van der Waals surface area contributed by atoms with Crippen molar-refractivity contribution in [1.82, 2.24) is 0 Å². The molecule has 1 aromatic carbocycles. The molecular weight excluding hydrogens is 188 g/mol. The Hall–Kier alpha value is -1.06. The topological polar surface area (TPSA) is 58.3 Å². The highest BCUT2D eigenvalue weighted by atomic mass is 16.3. The van der Waals surface area contributed by atoms with Crippen molar-refractivity contribution in [1.29, 1.82) is 0 Å². The van der Waals surface area contributed by atoms with Crippen LogP contribution >= 0.6 is 0 Å². The largest absolute Gasteiger partial charge is 0.395 e. The van der Waals surface area contributed by atoms with E-state index in [1.54, 1.807) is 0 Å². The molecule has 1 heterocycles. The van der Waals surface area contributed by atoms with Crippen LogP contribution < -0.4 is 11.1 Å². The van der Waals surface area contributed by atoms with Crippen LogP contribution in [0.4, 0.5) is 5.69 Å². The van der Waals surface area contributed by atoms with Crippen LogP contribution in [-0.2, 0) is 6.42 Å². The van der Waals surface area contributed by atoms with Gasteiger partial charge in [-0.15, -0.1) is 0 Å². The fourth-order valence-electron chi connectivity index (χ4n) is 2.27. The van der Waals surface area contributed by atoms with Crippen molar-refractivity contribution in [2.45, 2.75) is 25.3 Å². The lowest BCUT2D eigenvalue weighted by Crippen LogP contribution is -2.33. The first-order chi connectivity index (χ1) is 7.27. The van der Waals surface area contributed by atoms with Gasteiger partial charge in [-0.25, -0.2) is 0 Å². The molecule has 0 saturated carbocycles. The summed E-state index contributed by atoms with van der Waals surface area (Å²) in [5.74, 6) is 0.247. The quantitative estimate of drug-likeness (QED) is 0.693. The Bertz CT molecular complexity index is 351. The van der Waals surface area contributed by atoms with Gasteiger partial charge in [0.25, 0.3) is 0 Å². The molecule has 0 saturated heterocycles. The van der Waals surface area contributed by atoms with E-state index < -0.39 is 0 Å². The molecule has 4 N–H and O–H groups in total. The van der Waals surface area contributed by atoms with Gasteiger partial charge in [0.2, 0.25) is 0 Å². The summed E-state index contributed by atoms with van der Waals surface area (Å²) >= 11 is 0. The molecule has 2 unspecified atom stereocenters. The van der Waals surface area contributed by atoms with Crippen molar-refractivity contribution in [3.8, 4) is 0 Å². The molecule has 0 aromatic heterocycles. The van der Waals surface area contributed by atoms with Gasteiger partial charge < -0.3 is 16.2 Å². The third kappa shape index (κ3) is 1.73. The molecule has 0 fully saturated rings. The Morgan fingerprint density at radius 3 is 3.07 bits per heavy atom. The number of para-hydroxylation sites is 1. The maximum Gasteiger partial charge on any atom is 0.0589 e. The third-order valence-corrected chi connectivity index (χ3v) is 3.19. The first-order valence-electron chi connectivity index (χ1n) is 5.50. The molecule has 0 aliphatic carbocycles. The zero-order valence-corrected chi connectivity index (χ0v) is 9.03. The Morgan fingerprint density at radius 2 is 2.40 bits per heavy atom. The lowest BCUT2D eigenvalue weighted by molar-refractivity contribution is 0.252. The molecule has 0 bridgehead atoms. The molecule has 2 atom stereocenters. The number of hydrogen-bond acceptors (Lipinski definition) is 3. The van der Waals surface area contributed by atoms with Crippen molar-refractivity contribution in [2.75, 3.05) is 18.5 Å². The molecule has 1 aromatic rings. The number of anilines is 1. The van der Waals surface area contributed by atoms with E-state index in [-0.39, 0.29) is 18.6 Å². The van der Waals surface area contributed by atoms with Crippen LogP contribution in [0, 0.1) is 0 Å². The summed E-state index contributed by atoms with van der Waals surface area (Å²) in [6.45, 7) is 3.03. The van der Waals surface area contributed by atoms with Gasteiger partial charge in [0, 0.05) is 24.2 Å². The molecule has 1 aliphatic rings. The molecule has 15 heavy (non-hydrogen) atoms. The van der Waals surface area contributed by atoms with E-state index in [4.69, 9.17) is 10.8 Å². The summed E-state index contributed by atoms with van der Waals surface area (Å²) in [5.41, 5.74) is 9.72. The smallest absolute Gasteiger partial charge is 0.0589 e. The number of rotatable bonds is 3. The van der Waals surface area contributed by atoms with E-state index in [1.807, 2.05) is 0 Å². The van der Waals surface area contributed by atoms with Gasteiger partial charge in [0.1, 0.15) is 0 Å². The molecule has 0 radical (unpaired) electrons. The minimum atomic E-state index is -0.161. The number of benzene rings is 1. The van der Waals surface area contributed by atoms with E-state index >= 15 is 0 Å². The normalized spacial score (nSPS) is 20.9. The van der Waals surface area contributed by atoms with E-state index in [0.717, 1.165) is 13.0 Å². The van der Waals surface area contributed by atoms with Gasteiger partial charge in [-0.1, -0.05) is 25.1 Å². The lowest BCUT2D eigenvalue weighted by Gasteiger charge is -2.16. The Labute approximate surface area is 90.3 Å². The third-order valence-electron chi connectivity index (χ3n) is 3.19. The van der Waals surface area contributed by atoms with Crippen LogP contribution in [0.1, 0.15) is 24.0 Å². The van der Waals surface area contributed by atoms with E-state index in [0.29, 0.717) is 0 Å². The average Bonchev–Trinajstić information content (AvgIpc) is 2.71. The Kier molecular flexibility index (Phi) is 2.93. The van der Waals surface area contributed by atoms with Crippen LogP contribution in [0.2, 0.25) is 0 Å². The first-order valence-corrected chi connectivity index (χ1v) is 5.50. The highest BCUT2D eigenvalue weighted by Gasteiger charge is 2.28. The number of nitrogens with two attached hydrogens (primary N) is 1. The van der Waals surface area contributed by atoms with Gasteiger partial charge >= 0.3 is 0 Å². The predicted octanol–water partition coefficient (Wildman–Crippen LogP) is 1.08. The van der Waals surface area contributed by atoms with Crippen LogP contribution in [-0.4, -0.2) is 24.3 Å². The predicted molar refractivity (Wildman–Crippen MR) is 62.1 cm³/mol. The summed E-state index contributed by atoms with van der Waals surface area (Å²) in [6.07, 6.45) is 1.03. The highest BCUT2D eigenvalue weighted by molar-refractivity contribution is 5.63. The molecular formula is C12H18N2O. The zero-order valence-electron chi connectivity index (χ0n) is 9.03. The van der Waals surface area contributed by atoms with Gasteiger partial charge in [0.05, 0.1) is 6.61 Å². The summed E-state index contributed by atoms with van der Waals surface area (Å²) in [7, 11) is 0. The van der Waals surface area contributed by atoms with Crippen LogP contribution in [0.3, 0.4) is 0 Å². The number of aliphatic hydroxyl groups is 1. The minimum absolute atomic E-state index is 0.0438. The molecule has 0 spiro atoms. The standard InChI is InChI=1S/C12H18N2O/c1-2-8-4-3-5-9-10(11(13)7-15)6-14-12(8)9/h3-5,10-11,14-15H,2,6-7,13H2,1H3. The van der Waals surface area contributed by atoms with Crippen molar-refractivity contribution >= 4 is 5.69 Å². The summed E-state index contributed by atoms with van der Waals surface area (Å²) in [5, 5.41) is 12.5. The first kappa shape index (κ1) is 10.5. The second-order valence-corrected chi connectivity index (χ2v) is 4.07. The molecule has 82 valence electrons. The fourth-order valence-corrected chi connectivity index (χ4v) is 2.27. The van der Waals surface area contributed by atoms with E-state index in [2.05, 4.69) is 30.4 Å². The fraction of sp³-hybridized carbons (Fsp3) is 0.500. The Morgan fingerprint density at radius 1 is 1.60 bits per heavy atom. The minimum Gasteiger partial charge on any atom is -0.395 e. The number of nitrogens with one attached hydrogen (secondary N) is 1. The molecule has 2 rings (SSSR count). The van der Waals surface area contributed by atoms with Crippen LogP contribution in [0.5, 0.6) is 0 Å². The average molecular weight is 206 g/mol. The van der Waals surface area contributed by atoms with Crippen molar-refractivity contribution < 1.29 is 5.11 Å². The maximum atomic E-state index is 9.09. The van der Waals surface area contributed by atoms with E-state index in [9.17, 15) is 0 Å². The Balaban J connectivity index is 2.35. The van der Waals surface area contributed by atoms with Crippen molar-refractivity contribution in [3.05, 3.63) is 29.3 Å². The summed E-state index contributed by atoms with van der Waals surface area (Å²) < 4.78 is 0. The number of aliphatic hydroxyl groups excluding tert-OH is 1. The van der Waals surface area contributed by atoms with Crippen LogP contribution in [0.25, 0.3) is 0 Å². The maximum absolute atomic E-state index is 9.09. The van der Waals surface area contributed by atoms with Crippen molar-refractivity contribution in [2.24, 2.45) is 5.73 Å². The van der Waals surface area contributed by atoms with Gasteiger partial charge in [0.15, 0.2) is 0 Å². The SMILES string of the molecule is CCc1cccc2c1NCC2C(N)CO. The zero-order chi connectivity index (χ0) is 10.8. The van der Waals surface area contributed by atoms with E-state index in [1.165, 1.54) is 16.8 Å². The second kappa shape index (κ2) is 4.21. The molecule has 0 amide bonds. The lowest BCUT2D eigenvalue weighted by atomic mass is 9.93. The molecule has 1 aliphatic heterocycles. The molecule has 3 nitrogen and oxygen atoms in total. The van der Waals surface area contributed by atoms with Gasteiger partial charge in [-0.2, -0.15) is 0 Å². The van der Waals surface area contributed by atoms with Gasteiger partial charge in [-0.05, 0) is 17.5 Å². The number of fused-ring (bicyclic) bond motifs is 1.